The normalized spacial score (nSPS) is 18.6. The largest absolute Gasteiger partial charge is 0.493 e. The third-order valence-electron chi connectivity index (χ3n) is 7.10. The number of methoxy groups -OCH3 is 1. The van der Waals surface area contributed by atoms with Crippen LogP contribution in [-0.4, -0.2) is 61.1 Å². The van der Waals surface area contributed by atoms with Crippen LogP contribution in [0, 0.1) is 5.41 Å². The molecule has 2 N–H and O–H groups in total. The minimum absolute atomic E-state index is 0.0182. The Morgan fingerprint density at radius 1 is 1.10 bits per heavy atom. The van der Waals surface area contributed by atoms with Gasteiger partial charge in [-0.2, -0.15) is 0 Å². The van der Waals surface area contributed by atoms with Crippen LogP contribution in [0.4, 0.5) is 0 Å². The highest BCUT2D eigenvalue weighted by Crippen LogP contribution is 2.33. The zero-order valence-electron chi connectivity index (χ0n) is 23.1. The van der Waals surface area contributed by atoms with Gasteiger partial charge in [0.25, 0.3) is 0 Å². The Labute approximate surface area is 231 Å². The van der Waals surface area contributed by atoms with Gasteiger partial charge in [0.1, 0.15) is 25.1 Å². The van der Waals surface area contributed by atoms with Gasteiger partial charge in [0.15, 0.2) is 11.5 Å². The van der Waals surface area contributed by atoms with Gasteiger partial charge in [-0.25, -0.2) is 0 Å². The molecule has 0 spiro atoms. The second-order valence-electron chi connectivity index (χ2n) is 10.2. The lowest BCUT2D eigenvalue weighted by molar-refractivity contribution is 0.0465. The van der Waals surface area contributed by atoms with Crippen molar-refractivity contribution in [3.8, 4) is 5.75 Å². The molecule has 1 aromatic heterocycles. The number of fused-ring (bicyclic) bond motifs is 3. The number of rotatable bonds is 14. The van der Waals surface area contributed by atoms with Gasteiger partial charge < -0.3 is 24.3 Å². The highest BCUT2D eigenvalue weighted by atomic mass is 16.5. The molecular formula is C33H40N2O4. The lowest BCUT2D eigenvalue weighted by Gasteiger charge is -2.34. The summed E-state index contributed by atoms with van der Waals surface area (Å²) in [4.78, 5) is 5.69. The third-order valence-corrected chi connectivity index (χ3v) is 7.10. The fourth-order valence-corrected chi connectivity index (χ4v) is 5.16. The number of ether oxygens (including phenoxy) is 3. The molecule has 206 valence electrons. The first-order valence-electron chi connectivity index (χ1n) is 13.5. The maximum atomic E-state index is 11.1. The minimum Gasteiger partial charge on any atom is -0.493 e. The van der Waals surface area contributed by atoms with Crippen molar-refractivity contribution in [2.75, 3.05) is 40.0 Å². The number of allylic oxidation sites excluding steroid dienone is 5. The van der Waals surface area contributed by atoms with Crippen LogP contribution >= 0.6 is 0 Å². The molecule has 2 aromatic carbocycles. The van der Waals surface area contributed by atoms with Gasteiger partial charge in [-0.15, -0.1) is 0 Å². The van der Waals surface area contributed by atoms with E-state index in [1.54, 1.807) is 19.3 Å². The van der Waals surface area contributed by atoms with E-state index in [4.69, 9.17) is 14.2 Å². The Morgan fingerprint density at radius 3 is 2.69 bits per heavy atom. The number of aliphatic hydroxyl groups excluding tert-OH is 1. The number of aromatic amines is 1. The van der Waals surface area contributed by atoms with Crippen LogP contribution < -0.4 is 4.74 Å². The fraction of sp³-hybridized carbons (Fsp3) is 0.333. The number of aromatic nitrogens is 1. The van der Waals surface area contributed by atoms with Gasteiger partial charge in [-0.1, -0.05) is 68.7 Å². The number of H-pyrrole nitrogens is 1. The quantitative estimate of drug-likeness (QED) is 0.184. The van der Waals surface area contributed by atoms with Crippen molar-refractivity contribution < 1.29 is 19.3 Å². The Kier molecular flexibility index (Phi) is 9.69. The van der Waals surface area contributed by atoms with Crippen LogP contribution in [0.25, 0.3) is 21.8 Å². The second-order valence-corrected chi connectivity index (χ2v) is 10.2. The van der Waals surface area contributed by atoms with Crippen LogP contribution in [0.3, 0.4) is 0 Å². The minimum atomic E-state index is -0.681. The molecule has 39 heavy (non-hydrogen) atoms. The van der Waals surface area contributed by atoms with Gasteiger partial charge in [0.05, 0.1) is 12.6 Å². The number of nitrogens with zero attached hydrogens (tertiary/aromatic N) is 1. The molecule has 0 bridgehead atoms. The van der Waals surface area contributed by atoms with Crippen LogP contribution in [0.15, 0.2) is 104 Å². The number of hydrogen-bond donors (Lipinski definition) is 2. The molecule has 3 aromatic rings. The monoisotopic (exact) mass is 528 g/mol. The van der Waals surface area contributed by atoms with Gasteiger partial charge >= 0.3 is 0 Å². The van der Waals surface area contributed by atoms with E-state index in [-0.39, 0.29) is 12.0 Å². The van der Waals surface area contributed by atoms with Gasteiger partial charge in [-0.05, 0) is 48.6 Å². The smallest absolute Gasteiger partial charge is 0.160 e. The molecule has 1 aliphatic rings. The van der Waals surface area contributed by atoms with Crippen molar-refractivity contribution in [2.24, 2.45) is 5.41 Å². The first kappa shape index (κ1) is 28.3. The van der Waals surface area contributed by atoms with Crippen LogP contribution in [0.5, 0.6) is 5.75 Å². The lowest BCUT2D eigenvalue weighted by Crippen LogP contribution is -2.42. The predicted octanol–water partition coefficient (Wildman–Crippen LogP) is 6.52. The fourth-order valence-electron chi connectivity index (χ4n) is 5.16. The van der Waals surface area contributed by atoms with E-state index in [0.29, 0.717) is 31.2 Å². The summed E-state index contributed by atoms with van der Waals surface area (Å²) in [5.41, 5.74) is 2.07. The maximum Gasteiger partial charge on any atom is 0.160 e. The van der Waals surface area contributed by atoms with Crippen molar-refractivity contribution in [1.29, 1.82) is 0 Å². The van der Waals surface area contributed by atoms with Crippen molar-refractivity contribution >= 4 is 21.8 Å². The first-order chi connectivity index (χ1) is 19.0. The van der Waals surface area contributed by atoms with E-state index in [9.17, 15) is 5.11 Å². The molecule has 0 amide bonds. The van der Waals surface area contributed by atoms with Gasteiger partial charge in [-0.3, -0.25) is 4.90 Å². The van der Waals surface area contributed by atoms with Crippen molar-refractivity contribution in [2.45, 2.75) is 25.9 Å². The Balaban J connectivity index is 1.44. The average molecular weight is 529 g/mol. The van der Waals surface area contributed by atoms with E-state index in [1.165, 1.54) is 0 Å². The van der Waals surface area contributed by atoms with E-state index in [0.717, 1.165) is 46.9 Å². The van der Waals surface area contributed by atoms with E-state index in [1.807, 2.05) is 30.3 Å². The van der Waals surface area contributed by atoms with Crippen molar-refractivity contribution in [3.63, 3.8) is 0 Å². The van der Waals surface area contributed by atoms with E-state index >= 15 is 0 Å². The molecule has 6 nitrogen and oxygen atoms in total. The van der Waals surface area contributed by atoms with Crippen LogP contribution in [0.1, 0.15) is 19.8 Å². The van der Waals surface area contributed by atoms with Gasteiger partial charge in [0, 0.05) is 35.9 Å². The van der Waals surface area contributed by atoms with Crippen molar-refractivity contribution in [1.82, 2.24) is 9.88 Å². The number of aliphatic hydroxyl groups is 1. The van der Waals surface area contributed by atoms with E-state index in [2.05, 4.69) is 66.4 Å². The molecule has 1 heterocycles. The second kappa shape index (κ2) is 13.4. The molecule has 6 heteroatoms. The molecule has 0 saturated carbocycles. The molecule has 0 aliphatic heterocycles. The van der Waals surface area contributed by atoms with Crippen LogP contribution in [0.2, 0.25) is 0 Å². The Bertz CT molecular complexity index is 1370. The third kappa shape index (κ3) is 7.22. The Morgan fingerprint density at radius 2 is 1.90 bits per heavy atom. The lowest BCUT2D eigenvalue weighted by atomic mass is 9.85. The predicted molar refractivity (Wildman–Crippen MR) is 160 cm³/mol. The molecular weight excluding hydrogens is 488 g/mol. The summed E-state index contributed by atoms with van der Waals surface area (Å²) in [7, 11) is 1.58. The van der Waals surface area contributed by atoms with Crippen molar-refractivity contribution in [3.05, 3.63) is 104 Å². The molecule has 0 saturated heterocycles. The zero-order valence-corrected chi connectivity index (χ0v) is 23.1. The number of hydrogen-bond acceptors (Lipinski definition) is 5. The average Bonchev–Trinajstić information content (AvgIpc) is 3.19. The molecule has 1 aliphatic carbocycles. The Hall–Kier alpha value is -3.74. The maximum absolute atomic E-state index is 11.1. The summed E-state index contributed by atoms with van der Waals surface area (Å²) in [5.74, 6) is 1.86. The number of nitrogens with one attached hydrogen (secondary N) is 1. The molecule has 0 radical (unpaired) electrons. The summed E-state index contributed by atoms with van der Waals surface area (Å²) in [6, 6.07) is 14.2. The van der Waals surface area contributed by atoms with Crippen LogP contribution in [-0.2, 0) is 9.47 Å². The zero-order chi connectivity index (χ0) is 27.7. The number of para-hydroxylation sites is 1. The number of benzene rings is 2. The molecule has 0 fully saturated rings. The first-order valence-corrected chi connectivity index (χ1v) is 13.5. The van der Waals surface area contributed by atoms with Gasteiger partial charge in [0.2, 0.25) is 0 Å². The SMILES string of the molecule is C=C/C(OC)=C(\C=C)OCCN(CC(O)COc1cccc2[nH]c3ccccc3c12)CC1(C)C=CC=CCC1. The summed E-state index contributed by atoms with van der Waals surface area (Å²) < 4.78 is 17.5. The highest BCUT2D eigenvalue weighted by molar-refractivity contribution is 6.10. The summed E-state index contributed by atoms with van der Waals surface area (Å²) in [6.07, 6.45) is 13.3. The highest BCUT2D eigenvalue weighted by Gasteiger charge is 2.26. The molecule has 2 atom stereocenters. The summed E-state index contributed by atoms with van der Waals surface area (Å²) in [5, 5.41) is 13.2. The topological polar surface area (TPSA) is 67.0 Å². The summed E-state index contributed by atoms with van der Waals surface area (Å²) in [6.45, 7) is 12.3. The summed E-state index contributed by atoms with van der Waals surface area (Å²) >= 11 is 0. The van der Waals surface area contributed by atoms with E-state index < -0.39 is 6.10 Å². The molecule has 4 rings (SSSR count). The molecule has 2 unspecified atom stereocenters. The standard InChI is InChI=1S/C33H40N2O4/c1-5-29(37-4)30(6-2)38-21-20-35(24-33(3)18-11-7-8-12-19-33)22-25(36)23-39-31-17-13-16-28-32(31)26-14-9-10-15-27(26)34-28/h5-11,13-18,25,34,36H,1-2,12,19-24H2,3-4H3/b30-29-.